The van der Waals surface area contributed by atoms with Crippen LogP contribution in [0.5, 0.6) is 0 Å². The second kappa shape index (κ2) is 20.1. The molecule has 2 N–H and O–H groups in total. The summed E-state index contributed by atoms with van der Waals surface area (Å²) in [6, 6.07) is 69.2. The van der Waals surface area contributed by atoms with Crippen LogP contribution in [0.3, 0.4) is 0 Å². The van der Waals surface area contributed by atoms with Crippen molar-refractivity contribution in [2.24, 2.45) is 0 Å². The van der Waals surface area contributed by atoms with Crippen LogP contribution in [0.1, 0.15) is 20.7 Å². The Kier molecular flexibility index (Phi) is 12.6. The van der Waals surface area contributed by atoms with Crippen molar-refractivity contribution in [3.8, 4) is 90.1 Å². The number of carboxylic acid groups (broad SMARTS) is 2. The van der Waals surface area contributed by atoms with Gasteiger partial charge in [-0.3, -0.25) is 0 Å². The van der Waals surface area contributed by atoms with Gasteiger partial charge >= 0.3 is 11.9 Å². The number of fused-ring (bicyclic) bond motifs is 20. The molecule has 0 unspecified atom stereocenters. The van der Waals surface area contributed by atoms with Gasteiger partial charge in [-0.25, -0.2) is 19.6 Å². The monoisotopic (exact) mass is 1160 g/mol. The summed E-state index contributed by atoms with van der Waals surface area (Å²) < 4.78 is 0. The minimum Gasteiger partial charge on any atom is -0.478 e. The summed E-state index contributed by atoms with van der Waals surface area (Å²) in [5.41, 5.74) is 10.3. The van der Waals surface area contributed by atoms with E-state index in [0.717, 1.165) is 54.9 Å². The van der Waals surface area contributed by atoms with Crippen molar-refractivity contribution in [3.05, 3.63) is 230 Å². The predicted octanol–water partition coefficient (Wildman–Crippen LogP) is 13.9. The minimum atomic E-state index is -1.29. The molecule has 0 atom stereocenters. The molecule has 12 nitrogen and oxygen atoms in total. The Morgan fingerprint density at radius 3 is 0.753 bits per heavy atom. The fourth-order valence-electron chi connectivity index (χ4n) is 10.2. The van der Waals surface area contributed by atoms with Gasteiger partial charge in [0.25, 0.3) is 0 Å². The van der Waals surface area contributed by atoms with E-state index in [2.05, 4.69) is 0 Å². The Morgan fingerprint density at radius 2 is 0.506 bits per heavy atom. The molecule has 5 heterocycles. The van der Waals surface area contributed by atoms with Gasteiger partial charge in [-0.2, -0.15) is 0 Å². The van der Waals surface area contributed by atoms with E-state index in [4.69, 9.17) is 39.9 Å². The van der Waals surface area contributed by atoms with Crippen LogP contribution in [0.4, 0.5) is 0 Å². The largest absolute Gasteiger partial charge is 0.478 e. The quantitative estimate of drug-likeness (QED) is 0.151. The molecule has 12 aromatic rings. The topological polar surface area (TPSA) is 180 Å². The summed E-state index contributed by atoms with van der Waals surface area (Å²) in [5, 5.41) is 24.6. The first-order chi connectivity index (χ1) is 37.4. The Morgan fingerprint density at radius 1 is 0.286 bits per heavy atom. The molecule has 2 aliphatic rings. The van der Waals surface area contributed by atoms with E-state index < -0.39 is 11.9 Å². The van der Waals surface area contributed by atoms with E-state index in [1.807, 2.05) is 218 Å². The normalized spacial score (nSPS) is 11.2. The third-order valence-corrected chi connectivity index (χ3v) is 13.5. The molecule has 8 bridgehead atoms. The van der Waals surface area contributed by atoms with Crippen molar-refractivity contribution in [1.82, 2.24) is 39.9 Å². The minimum absolute atomic E-state index is 0. The third-order valence-electron chi connectivity index (χ3n) is 13.5. The van der Waals surface area contributed by atoms with Gasteiger partial charge in [0.15, 0.2) is 0 Å². The number of benzene rings is 9. The number of aromatic carboxylic acids is 2. The molecule has 0 spiro atoms. The number of aromatic nitrogens is 8. The van der Waals surface area contributed by atoms with Crippen molar-refractivity contribution in [1.29, 1.82) is 0 Å². The van der Waals surface area contributed by atoms with Crippen LogP contribution in [0, 0.1) is 0 Å². The summed E-state index contributed by atoms with van der Waals surface area (Å²) >= 11 is 0. The van der Waals surface area contributed by atoms with Gasteiger partial charge in [0.2, 0.25) is 0 Å². The number of hydrogen-bond acceptors (Lipinski definition) is 8. The molecular formula is C64H38HfN8O4-2. The van der Waals surface area contributed by atoms with Crippen LogP contribution in [-0.4, -0.2) is 52.1 Å². The average molecular weight is 1160 g/mol. The molecule has 0 aliphatic carbocycles. The molecule has 14 rings (SSSR count). The van der Waals surface area contributed by atoms with Gasteiger partial charge in [0.05, 0.1) is 34.4 Å². The van der Waals surface area contributed by atoms with Crippen LogP contribution in [0.25, 0.3) is 134 Å². The Bertz CT molecular complexity index is 4030. The molecule has 2 aliphatic heterocycles. The third kappa shape index (κ3) is 8.58. The van der Waals surface area contributed by atoms with Gasteiger partial charge < -0.3 is 40.1 Å². The maximum absolute atomic E-state index is 12.9. The molecule has 0 fully saturated rings. The molecule has 77 heavy (non-hydrogen) atoms. The molecule has 3 aromatic heterocycles. The average Bonchev–Trinajstić information content (AvgIpc) is 4.24. The molecule has 0 radical (unpaired) electrons. The van der Waals surface area contributed by atoms with Crippen molar-refractivity contribution in [3.63, 3.8) is 0 Å². The zero-order chi connectivity index (χ0) is 51.3. The van der Waals surface area contributed by atoms with Crippen molar-refractivity contribution in [2.75, 3.05) is 0 Å². The molecule has 364 valence electrons. The smallest absolute Gasteiger partial charge is 0.337 e. The van der Waals surface area contributed by atoms with E-state index in [1.165, 1.54) is 0 Å². The maximum Gasteiger partial charge on any atom is 0.337 e. The SMILES string of the molecule is O=C(O)c1c(C(=O)O)c(-c2ccccc2)c(-c2ccccc2)c(-c2ccccc2)c1-c1ccccc1.[Hf].c1ccc2c(c1)-c1nc-2nc2[n-]c(nc3nc(nc4[n-]c(n1)c1ccccc41)-c1ccccc1-3)c1ccccc21. The summed E-state index contributed by atoms with van der Waals surface area (Å²) in [7, 11) is 0. The summed E-state index contributed by atoms with van der Waals surface area (Å²) in [5.74, 6) is -0.375. The van der Waals surface area contributed by atoms with Crippen molar-refractivity contribution in [2.45, 2.75) is 0 Å². The molecule has 0 amide bonds. The Hall–Kier alpha value is -9.85. The van der Waals surface area contributed by atoms with Crippen LogP contribution in [-0.2, 0) is 25.8 Å². The first-order valence-corrected chi connectivity index (χ1v) is 24.4. The van der Waals surface area contributed by atoms with Crippen molar-refractivity contribution >= 4 is 56.1 Å². The number of hydrogen-bond donors (Lipinski definition) is 2. The fraction of sp³-hybridized carbons (Fsp3) is 0. The molecule has 9 aromatic carbocycles. The number of carboxylic acids is 2. The summed E-state index contributed by atoms with van der Waals surface area (Å²) in [6.45, 7) is 0. The van der Waals surface area contributed by atoms with Crippen LogP contribution >= 0.6 is 0 Å². The Balaban J connectivity index is 0.000000154. The van der Waals surface area contributed by atoms with Crippen LogP contribution in [0.2, 0.25) is 0 Å². The van der Waals surface area contributed by atoms with E-state index in [1.54, 1.807) is 0 Å². The zero-order valence-corrected chi connectivity index (χ0v) is 44.2. The first kappa shape index (κ1) is 48.1. The van der Waals surface area contributed by atoms with Crippen LogP contribution in [0.15, 0.2) is 218 Å². The van der Waals surface area contributed by atoms with E-state index >= 15 is 0 Å². The second-order valence-electron chi connectivity index (χ2n) is 18.0. The second-order valence-corrected chi connectivity index (χ2v) is 18.0. The fourth-order valence-corrected chi connectivity index (χ4v) is 10.2. The predicted molar refractivity (Wildman–Crippen MR) is 296 cm³/mol. The molecule has 13 heteroatoms. The van der Waals surface area contributed by atoms with E-state index in [9.17, 15) is 19.8 Å². The van der Waals surface area contributed by atoms with E-state index in [-0.39, 0.29) is 37.0 Å². The van der Waals surface area contributed by atoms with Gasteiger partial charge in [-0.1, -0.05) is 218 Å². The van der Waals surface area contributed by atoms with Gasteiger partial charge in [-0.05, 0) is 54.9 Å². The number of rotatable bonds is 6. The van der Waals surface area contributed by atoms with Gasteiger partial charge in [-0.15, -0.1) is 0 Å². The molecular weight excluding hydrogens is 1120 g/mol. The summed E-state index contributed by atoms with van der Waals surface area (Å²) in [4.78, 5) is 65.0. The first-order valence-electron chi connectivity index (χ1n) is 24.4. The number of nitrogens with zero attached hydrogens (tertiary/aromatic N) is 8. The Labute approximate surface area is 458 Å². The van der Waals surface area contributed by atoms with Gasteiger partial charge in [0.1, 0.15) is 0 Å². The standard InChI is InChI=1S/C32H16N8.C32H22O4.Hf/c1-2-10-18-17(9-1)25-33-26(18)38-28-21-13-5-6-14-22(21)30(35-28)40-32-24-16-8-7-15-23(24)31(36-32)39-29-20-12-4-3-11-19(20)27(34-29)37-25;33-31(34)29-27(23-17-9-3-10-18-23)25(21-13-5-1-6-14-21)26(22-15-7-2-8-16-22)28(30(29)32(35)36)24-19-11-4-12-20-24;/h1-16H;1-20H,(H,33,34)(H,35,36);/q-2;;. The van der Waals surface area contributed by atoms with Crippen LogP contribution < -0.4 is 9.97 Å². The maximum atomic E-state index is 12.9. The van der Waals surface area contributed by atoms with Crippen molar-refractivity contribution < 1.29 is 45.6 Å². The summed E-state index contributed by atoms with van der Waals surface area (Å²) in [6.07, 6.45) is 0. The zero-order valence-electron chi connectivity index (χ0n) is 40.6. The van der Waals surface area contributed by atoms with Gasteiger partial charge in [0, 0.05) is 81.8 Å². The number of carbonyl (C=O) groups is 2. The molecule has 0 saturated carbocycles. The molecule has 0 saturated heterocycles. The van der Waals surface area contributed by atoms with E-state index in [0.29, 0.717) is 79.3 Å².